The third-order valence-corrected chi connectivity index (χ3v) is 10.2. The van der Waals surface area contributed by atoms with E-state index < -0.39 is 27.5 Å². The van der Waals surface area contributed by atoms with Gasteiger partial charge in [0.2, 0.25) is 5.88 Å². The second-order valence-electron chi connectivity index (χ2n) is 12.7. The molecule has 15 heteroatoms. The van der Waals surface area contributed by atoms with Gasteiger partial charge in [0.15, 0.2) is 10.8 Å². The van der Waals surface area contributed by atoms with E-state index in [9.17, 15) is 26.4 Å². The number of halogens is 3. The van der Waals surface area contributed by atoms with Crippen molar-refractivity contribution in [2.45, 2.75) is 75.5 Å². The second kappa shape index (κ2) is 11.5. The number of rotatable bonds is 5. The maximum Gasteiger partial charge on any atom is 0.394 e. The molecule has 1 atom stereocenters. The van der Waals surface area contributed by atoms with E-state index in [0.717, 1.165) is 25.7 Å². The average molecular weight is 648 g/mol. The van der Waals surface area contributed by atoms with E-state index in [4.69, 9.17) is 9.72 Å². The first-order valence-electron chi connectivity index (χ1n) is 15.1. The summed E-state index contributed by atoms with van der Waals surface area (Å²) in [5.74, 6) is 0.683. The zero-order valence-electron chi connectivity index (χ0n) is 25.1. The number of pyridine rings is 2. The van der Waals surface area contributed by atoms with Crippen molar-refractivity contribution >= 4 is 27.6 Å². The van der Waals surface area contributed by atoms with Crippen LogP contribution in [0.3, 0.4) is 0 Å². The van der Waals surface area contributed by atoms with Gasteiger partial charge in [-0.3, -0.25) is 4.79 Å². The first-order chi connectivity index (χ1) is 21.3. The summed E-state index contributed by atoms with van der Waals surface area (Å²) in [5.41, 5.74) is -1.98. The zero-order chi connectivity index (χ0) is 32.0. The van der Waals surface area contributed by atoms with Crippen LogP contribution in [0.25, 0.3) is 5.82 Å². The Balaban J connectivity index is 1.30. The van der Waals surface area contributed by atoms with Crippen molar-refractivity contribution in [3.05, 3.63) is 48.2 Å². The number of carbonyl (C=O) groups is 1. The lowest BCUT2D eigenvalue weighted by molar-refractivity contribution is -0.190. The van der Waals surface area contributed by atoms with Gasteiger partial charge in [-0.1, -0.05) is 12.5 Å². The van der Waals surface area contributed by atoms with Crippen molar-refractivity contribution in [2.24, 2.45) is 11.3 Å². The van der Waals surface area contributed by atoms with Crippen molar-refractivity contribution in [3.63, 3.8) is 0 Å². The van der Waals surface area contributed by atoms with Gasteiger partial charge in [-0.15, -0.1) is 5.10 Å². The highest BCUT2D eigenvalue weighted by atomic mass is 32.2. The van der Waals surface area contributed by atoms with Crippen LogP contribution in [0.1, 0.15) is 69.2 Å². The van der Waals surface area contributed by atoms with E-state index in [1.54, 1.807) is 18.3 Å². The number of amides is 1. The van der Waals surface area contributed by atoms with Gasteiger partial charge in [-0.05, 0) is 82.6 Å². The van der Waals surface area contributed by atoms with Crippen LogP contribution in [0.15, 0.2) is 47.6 Å². The molecular weight excluding hydrogens is 611 g/mol. The molecule has 2 aliphatic heterocycles. The number of ether oxygens (including phenoxy) is 1. The Morgan fingerprint density at radius 1 is 1.09 bits per heavy atom. The number of hydrogen-bond donors (Lipinski definition) is 2. The molecule has 2 fully saturated rings. The fourth-order valence-electron chi connectivity index (χ4n) is 6.26. The molecule has 0 unspecified atom stereocenters. The summed E-state index contributed by atoms with van der Waals surface area (Å²) in [4.78, 5) is 24.6. The minimum atomic E-state index is -4.31. The number of fused-ring (bicyclic) bond motifs is 6. The van der Waals surface area contributed by atoms with Crippen LogP contribution in [-0.2, 0) is 10.0 Å². The van der Waals surface area contributed by atoms with Gasteiger partial charge in [-0.2, -0.15) is 21.6 Å². The van der Waals surface area contributed by atoms with Crippen molar-refractivity contribution in [3.8, 4) is 11.7 Å². The first-order valence-corrected chi connectivity index (χ1v) is 16.6. The minimum Gasteiger partial charge on any atom is -0.477 e. The Bertz CT molecular complexity index is 1690. The highest BCUT2D eigenvalue weighted by molar-refractivity contribution is 7.90. The summed E-state index contributed by atoms with van der Waals surface area (Å²) in [6.45, 7) is 5.27. The normalized spacial score (nSPS) is 22.2. The summed E-state index contributed by atoms with van der Waals surface area (Å²) in [5, 5.41) is 7.24. The van der Waals surface area contributed by atoms with Crippen LogP contribution in [0.5, 0.6) is 5.88 Å². The molecule has 242 valence electrons. The number of aromatic nitrogens is 4. The topological polar surface area (TPSA) is 131 Å². The Kier molecular flexibility index (Phi) is 7.94. The predicted octanol–water partition coefficient (Wildman–Crippen LogP) is 5.09. The lowest BCUT2D eigenvalue weighted by Gasteiger charge is -2.34. The molecule has 5 heterocycles. The molecule has 1 saturated carbocycles. The van der Waals surface area contributed by atoms with Crippen molar-refractivity contribution in [2.75, 3.05) is 29.9 Å². The minimum absolute atomic E-state index is 0.0722. The largest absolute Gasteiger partial charge is 0.477 e. The Labute approximate surface area is 259 Å². The lowest BCUT2D eigenvalue weighted by atomic mass is 9.93. The number of sulfonamides is 1. The van der Waals surface area contributed by atoms with Crippen LogP contribution in [0, 0.1) is 11.3 Å². The highest BCUT2D eigenvalue weighted by Gasteiger charge is 2.62. The fourth-order valence-corrected chi connectivity index (χ4v) is 7.19. The predicted molar refractivity (Wildman–Crippen MR) is 160 cm³/mol. The molecule has 1 aliphatic carbocycles. The second-order valence-corrected chi connectivity index (χ2v) is 14.4. The van der Waals surface area contributed by atoms with E-state index in [-0.39, 0.29) is 47.9 Å². The number of hydrogen-bond acceptors (Lipinski definition) is 9. The third-order valence-electron chi connectivity index (χ3n) is 8.98. The number of nitrogens with one attached hydrogen (secondary N) is 2. The van der Waals surface area contributed by atoms with Crippen LogP contribution >= 0.6 is 0 Å². The lowest BCUT2D eigenvalue weighted by Crippen LogP contribution is -2.41. The molecule has 0 aromatic carbocycles. The van der Waals surface area contributed by atoms with Crippen molar-refractivity contribution in [1.82, 2.24) is 24.5 Å². The fraction of sp³-hybridized carbons (Fsp3) is 0.533. The molecule has 2 N–H and O–H groups in total. The van der Waals surface area contributed by atoms with E-state index in [1.807, 2.05) is 4.90 Å². The van der Waals surface area contributed by atoms with E-state index in [0.29, 0.717) is 36.5 Å². The van der Waals surface area contributed by atoms with Gasteiger partial charge >= 0.3 is 6.18 Å². The summed E-state index contributed by atoms with van der Waals surface area (Å²) in [6, 6.07) is 9.15. The SMILES string of the molecule is CC1(C)C[C@H]2CCCCNc3cccc(n3)S(=O)(=O)NC(=O)c3ccc(-n4ccc(OCCC5(C(F)(F)F)CC5)n4)nc3N1C2. The van der Waals surface area contributed by atoms with Gasteiger partial charge in [0, 0.05) is 30.9 Å². The standard InChI is InChI=1S/C30H36F3N7O4S/c1-28(2)18-20-6-3-4-15-34-22-7-5-8-25(35-22)45(42,43)38-27(41)21-9-10-23(36-26(21)39(28)19-20)40-16-11-24(37-40)44-17-14-29(12-13-29)30(31,32)33/h5,7-11,16,20H,3-4,6,12-15,17-19H2,1-2H3,(H,34,35)(H,38,41)/t20-/m1/s1. The molecule has 3 aromatic rings. The molecule has 3 aliphatic rings. The van der Waals surface area contributed by atoms with Crippen LogP contribution in [-0.4, -0.2) is 65.5 Å². The molecule has 1 amide bonds. The molecule has 0 spiro atoms. The maximum absolute atomic E-state index is 13.6. The average Bonchev–Trinajstić information content (AvgIpc) is 3.53. The molecule has 6 rings (SSSR count). The van der Waals surface area contributed by atoms with Gasteiger partial charge in [0.25, 0.3) is 15.9 Å². The van der Waals surface area contributed by atoms with Crippen LogP contribution in [0.2, 0.25) is 0 Å². The van der Waals surface area contributed by atoms with Gasteiger partial charge in [-0.25, -0.2) is 19.4 Å². The molecule has 3 aromatic heterocycles. The summed E-state index contributed by atoms with van der Waals surface area (Å²) in [7, 11) is -4.31. The Morgan fingerprint density at radius 2 is 1.89 bits per heavy atom. The zero-order valence-corrected chi connectivity index (χ0v) is 25.9. The van der Waals surface area contributed by atoms with Gasteiger partial charge in [0.05, 0.1) is 17.6 Å². The molecule has 4 bridgehead atoms. The number of alkyl halides is 3. The molecule has 1 saturated heterocycles. The first kappa shape index (κ1) is 31.1. The Hall–Kier alpha value is -3.88. The smallest absolute Gasteiger partial charge is 0.394 e. The monoisotopic (exact) mass is 647 g/mol. The summed E-state index contributed by atoms with van der Waals surface area (Å²) >= 11 is 0. The molecule has 0 radical (unpaired) electrons. The van der Waals surface area contributed by atoms with Crippen molar-refractivity contribution < 1.29 is 31.1 Å². The number of nitrogens with zero attached hydrogens (tertiary/aromatic N) is 5. The van der Waals surface area contributed by atoms with E-state index >= 15 is 0 Å². The van der Waals surface area contributed by atoms with Gasteiger partial charge < -0.3 is 15.0 Å². The third kappa shape index (κ3) is 6.44. The molecule has 45 heavy (non-hydrogen) atoms. The highest BCUT2D eigenvalue weighted by Crippen LogP contribution is 2.59. The van der Waals surface area contributed by atoms with Crippen LogP contribution < -0.4 is 19.7 Å². The molecular formula is C30H36F3N7O4S. The quantitative estimate of drug-likeness (QED) is 0.389. The van der Waals surface area contributed by atoms with E-state index in [1.165, 1.54) is 28.9 Å². The van der Waals surface area contributed by atoms with E-state index in [2.05, 4.69) is 34.0 Å². The number of anilines is 2. The summed E-state index contributed by atoms with van der Waals surface area (Å²) in [6.07, 6.45) is 1.07. The maximum atomic E-state index is 13.6. The molecule has 11 nitrogen and oxygen atoms in total. The number of carbonyl (C=O) groups excluding carboxylic acids is 1. The van der Waals surface area contributed by atoms with Crippen molar-refractivity contribution in [1.29, 1.82) is 0 Å². The Morgan fingerprint density at radius 3 is 2.64 bits per heavy atom. The van der Waals surface area contributed by atoms with Gasteiger partial charge in [0.1, 0.15) is 11.6 Å². The van der Waals surface area contributed by atoms with Crippen LogP contribution in [0.4, 0.5) is 24.8 Å². The summed E-state index contributed by atoms with van der Waals surface area (Å²) < 4.78 is 75.4.